The molecule has 0 aromatic carbocycles. The van der Waals surface area contributed by atoms with Crippen molar-refractivity contribution in [2.24, 2.45) is 11.1 Å². The summed E-state index contributed by atoms with van der Waals surface area (Å²) in [6.07, 6.45) is 5.54. The zero-order valence-corrected chi connectivity index (χ0v) is 11.1. The fourth-order valence-corrected chi connectivity index (χ4v) is 2.40. The van der Waals surface area contributed by atoms with Crippen LogP contribution in [-0.4, -0.2) is 31.7 Å². The molecule has 1 aliphatic rings. The number of hydrogen-bond acceptors (Lipinski definition) is 3. The van der Waals surface area contributed by atoms with E-state index in [0.717, 1.165) is 25.7 Å². The van der Waals surface area contributed by atoms with Crippen molar-refractivity contribution < 1.29 is 9.53 Å². The molecule has 0 aliphatic heterocycles. The SMILES string of the molecule is CC(C)OCCNC(=O)C1(CN)CCCCC1. The van der Waals surface area contributed by atoms with Crippen LogP contribution in [0.15, 0.2) is 0 Å². The van der Waals surface area contributed by atoms with Crippen molar-refractivity contribution in [1.82, 2.24) is 5.32 Å². The summed E-state index contributed by atoms with van der Waals surface area (Å²) in [5.41, 5.74) is 5.49. The second-order valence-electron chi connectivity index (χ2n) is 5.22. The highest BCUT2D eigenvalue weighted by atomic mass is 16.5. The summed E-state index contributed by atoms with van der Waals surface area (Å²) in [4.78, 5) is 12.1. The number of carbonyl (C=O) groups is 1. The van der Waals surface area contributed by atoms with Crippen LogP contribution in [-0.2, 0) is 9.53 Å². The van der Waals surface area contributed by atoms with Gasteiger partial charge in [0, 0.05) is 13.1 Å². The number of hydrogen-bond donors (Lipinski definition) is 2. The zero-order valence-electron chi connectivity index (χ0n) is 11.1. The maximum atomic E-state index is 12.1. The third-order valence-corrected chi connectivity index (χ3v) is 3.52. The Hall–Kier alpha value is -0.610. The molecule has 0 atom stereocenters. The Morgan fingerprint density at radius 1 is 1.35 bits per heavy atom. The molecule has 3 N–H and O–H groups in total. The van der Waals surface area contributed by atoms with Gasteiger partial charge in [-0.25, -0.2) is 0 Å². The molecule has 0 radical (unpaired) electrons. The minimum atomic E-state index is -0.309. The van der Waals surface area contributed by atoms with Crippen LogP contribution in [0.1, 0.15) is 46.0 Å². The molecule has 0 spiro atoms. The van der Waals surface area contributed by atoms with Crippen molar-refractivity contribution in [2.45, 2.75) is 52.1 Å². The van der Waals surface area contributed by atoms with E-state index in [0.29, 0.717) is 19.7 Å². The predicted octanol–water partition coefficient (Wildman–Crippen LogP) is 1.44. The Bertz CT molecular complexity index is 236. The van der Waals surface area contributed by atoms with Crippen molar-refractivity contribution in [1.29, 1.82) is 0 Å². The minimum absolute atomic E-state index is 0.118. The van der Waals surface area contributed by atoms with E-state index < -0.39 is 0 Å². The third-order valence-electron chi connectivity index (χ3n) is 3.52. The van der Waals surface area contributed by atoms with Gasteiger partial charge in [0.15, 0.2) is 0 Å². The Morgan fingerprint density at radius 2 is 2.00 bits per heavy atom. The summed E-state index contributed by atoms with van der Waals surface area (Å²) < 4.78 is 5.40. The first-order chi connectivity index (χ1) is 8.10. The van der Waals surface area contributed by atoms with Gasteiger partial charge < -0.3 is 15.8 Å². The Labute approximate surface area is 104 Å². The maximum absolute atomic E-state index is 12.1. The molecule has 0 aromatic rings. The molecule has 17 heavy (non-hydrogen) atoms. The van der Waals surface area contributed by atoms with E-state index in [2.05, 4.69) is 5.32 Å². The van der Waals surface area contributed by atoms with Crippen molar-refractivity contribution in [2.75, 3.05) is 19.7 Å². The van der Waals surface area contributed by atoms with E-state index in [4.69, 9.17) is 10.5 Å². The average molecular weight is 242 g/mol. The fourth-order valence-electron chi connectivity index (χ4n) is 2.40. The fraction of sp³-hybridized carbons (Fsp3) is 0.923. The molecule has 100 valence electrons. The monoisotopic (exact) mass is 242 g/mol. The summed E-state index contributed by atoms with van der Waals surface area (Å²) in [6.45, 7) is 5.60. The van der Waals surface area contributed by atoms with Crippen molar-refractivity contribution in [3.05, 3.63) is 0 Å². The van der Waals surface area contributed by atoms with Gasteiger partial charge in [-0.1, -0.05) is 19.3 Å². The van der Waals surface area contributed by atoms with Gasteiger partial charge in [-0.3, -0.25) is 4.79 Å². The van der Waals surface area contributed by atoms with Crippen LogP contribution < -0.4 is 11.1 Å². The lowest BCUT2D eigenvalue weighted by Crippen LogP contribution is -2.47. The van der Waals surface area contributed by atoms with Gasteiger partial charge in [0.1, 0.15) is 0 Å². The first-order valence-corrected chi connectivity index (χ1v) is 6.71. The highest BCUT2D eigenvalue weighted by molar-refractivity contribution is 5.83. The van der Waals surface area contributed by atoms with E-state index in [-0.39, 0.29) is 17.4 Å². The summed E-state index contributed by atoms with van der Waals surface area (Å²) in [6, 6.07) is 0. The molecule has 0 unspecified atom stereocenters. The Morgan fingerprint density at radius 3 is 2.53 bits per heavy atom. The highest BCUT2D eigenvalue weighted by Crippen LogP contribution is 2.35. The van der Waals surface area contributed by atoms with Crippen LogP contribution in [0.2, 0.25) is 0 Å². The number of nitrogens with two attached hydrogens (primary N) is 1. The first-order valence-electron chi connectivity index (χ1n) is 6.71. The third kappa shape index (κ3) is 4.28. The number of amides is 1. The summed E-state index contributed by atoms with van der Waals surface area (Å²) >= 11 is 0. The molecule has 1 rings (SSSR count). The quantitative estimate of drug-likeness (QED) is 0.693. The van der Waals surface area contributed by atoms with E-state index in [1.54, 1.807) is 0 Å². The van der Waals surface area contributed by atoms with Crippen LogP contribution in [0.5, 0.6) is 0 Å². The largest absolute Gasteiger partial charge is 0.377 e. The molecule has 1 amide bonds. The second kappa shape index (κ2) is 6.97. The van der Waals surface area contributed by atoms with Gasteiger partial charge in [-0.15, -0.1) is 0 Å². The molecular weight excluding hydrogens is 216 g/mol. The van der Waals surface area contributed by atoms with Gasteiger partial charge in [-0.05, 0) is 26.7 Å². The van der Waals surface area contributed by atoms with Gasteiger partial charge in [0.25, 0.3) is 0 Å². The highest BCUT2D eigenvalue weighted by Gasteiger charge is 2.37. The molecule has 0 bridgehead atoms. The maximum Gasteiger partial charge on any atom is 0.227 e. The molecule has 4 nitrogen and oxygen atoms in total. The minimum Gasteiger partial charge on any atom is -0.377 e. The van der Waals surface area contributed by atoms with E-state index in [9.17, 15) is 4.79 Å². The van der Waals surface area contributed by atoms with Gasteiger partial charge in [-0.2, -0.15) is 0 Å². The number of carbonyl (C=O) groups excluding carboxylic acids is 1. The van der Waals surface area contributed by atoms with Crippen LogP contribution in [0.4, 0.5) is 0 Å². The van der Waals surface area contributed by atoms with E-state index in [1.807, 2.05) is 13.8 Å². The summed E-state index contributed by atoms with van der Waals surface area (Å²) in [5.74, 6) is 0.118. The normalized spacial score (nSPS) is 19.3. The van der Waals surface area contributed by atoms with Crippen molar-refractivity contribution >= 4 is 5.91 Å². The van der Waals surface area contributed by atoms with Gasteiger partial charge >= 0.3 is 0 Å². The lowest BCUT2D eigenvalue weighted by molar-refractivity contribution is -0.132. The first kappa shape index (κ1) is 14.5. The molecule has 1 saturated carbocycles. The average Bonchev–Trinajstić information content (AvgIpc) is 2.35. The molecule has 0 saturated heterocycles. The molecule has 1 aliphatic carbocycles. The standard InChI is InChI=1S/C13H26N2O2/c1-11(2)17-9-8-15-12(16)13(10-14)6-4-3-5-7-13/h11H,3-10,14H2,1-2H3,(H,15,16). The Kier molecular flexibility index (Phi) is 5.92. The van der Waals surface area contributed by atoms with Crippen molar-refractivity contribution in [3.8, 4) is 0 Å². The summed E-state index contributed by atoms with van der Waals surface area (Å²) in [5, 5.41) is 2.96. The van der Waals surface area contributed by atoms with Crippen LogP contribution in [0, 0.1) is 5.41 Å². The lowest BCUT2D eigenvalue weighted by atomic mass is 9.73. The smallest absolute Gasteiger partial charge is 0.227 e. The topological polar surface area (TPSA) is 64.3 Å². The zero-order chi connectivity index (χ0) is 12.7. The summed E-state index contributed by atoms with van der Waals surface area (Å²) in [7, 11) is 0. The van der Waals surface area contributed by atoms with Gasteiger partial charge in [0.05, 0.1) is 18.1 Å². The predicted molar refractivity (Wildman–Crippen MR) is 68.7 cm³/mol. The second-order valence-corrected chi connectivity index (χ2v) is 5.22. The van der Waals surface area contributed by atoms with Crippen LogP contribution >= 0.6 is 0 Å². The molecule has 4 heteroatoms. The number of nitrogens with one attached hydrogen (secondary N) is 1. The Balaban J connectivity index is 2.33. The van der Waals surface area contributed by atoms with Crippen molar-refractivity contribution in [3.63, 3.8) is 0 Å². The molecule has 0 heterocycles. The lowest BCUT2D eigenvalue weighted by Gasteiger charge is -2.34. The number of rotatable bonds is 6. The molecule has 0 aromatic heterocycles. The van der Waals surface area contributed by atoms with E-state index >= 15 is 0 Å². The van der Waals surface area contributed by atoms with Crippen LogP contribution in [0.3, 0.4) is 0 Å². The molecule has 1 fully saturated rings. The van der Waals surface area contributed by atoms with Crippen LogP contribution in [0.25, 0.3) is 0 Å². The van der Waals surface area contributed by atoms with Gasteiger partial charge in [0.2, 0.25) is 5.91 Å². The molecular formula is C13H26N2O2. The van der Waals surface area contributed by atoms with E-state index in [1.165, 1.54) is 6.42 Å². The number of ether oxygens (including phenoxy) is 1.